The highest BCUT2D eigenvalue weighted by Gasteiger charge is 2.20. The molecule has 0 fully saturated rings. The first-order valence-corrected chi connectivity index (χ1v) is 6.48. The third kappa shape index (κ3) is 4.11. The van der Waals surface area contributed by atoms with Crippen LogP contribution in [0.1, 0.15) is 19.4 Å². The maximum absolute atomic E-state index is 3.95. The van der Waals surface area contributed by atoms with Crippen LogP contribution >= 0.6 is 15.9 Å². The van der Waals surface area contributed by atoms with Crippen LogP contribution in [0, 0.1) is 5.41 Å². The Morgan fingerprint density at radius 2 is 2.25 bits per heavy atom. The second kappa shape index (κ2) is 6.21. The minimum atomic E-state index is 0.122. The molecule has 2 heteroatoms. The van der Waals surface area contributed by atoms with Crippen molar-refractivity contribution < 1.29 is 0 Å². The highest BCUT2D eigenvalue weighted by Crippen LogP contribution is 2.24. The number of nitrogens with one attached hydrogen (secondary N) is 1. The van der Waals surface area contributed by atoms with Crippen molar-refractivity contribution in [3.05, 3.63) is 47.0 Å². The van der Waals surface area contributed by atoms with Crippen LogP contribution in [-0.2, 0) is 6.42 Å². The third-order valence-electron chi connectivity index (χ3n) is 2.77. The van der Waals surface area contributed by atoms with Crippen molar-refractivity contribution >= 4 is 15.9 Å². The van der Waals surface area contributed by atoms with Crippen LogP contribution in [0.4, 0.5) is 0 Å². The van der Waals surface area contributed by atoms with E-state index in [0.29, 0.717) is 0 Å². The van der Waals surface area contributed by atoms with E-state index in [-0.39, 0.29) is 5.41 Å². The van der Waals surface area contributed by atoms with Gasteiger partial charge in [-0.1, -0.05) is 48.0 Å². The van der Waals surface area contributed by atoms with Gasteiger partial charge in [0.25, 0.3) is 0 Å². The Hall–Kier alpha value is -0.600. The zero-order valence-electron chi connectivity index (χ0n) is 10.1. The zero-order valence-corrected chi connectivity index (χ0v) is 11.7. The van der Waals surface area contributed by atoms with E-state index in [0.717, 1.165) is 24.0 Å². The monoisotopic (exact) mass is 281 g/mol. The lowest BCUT2D eigenvalue weighted by Gasteiger charge is -2.26. The van der Waals surface area contributed by atoms with Crippen molar-refractivity contribution in [3.63, 3.8) is 0 Å². The van der Waals surface area contributed by atoms with Crippen LogP contribution in [0.3, 0.4) is 0 Å². The molecule has 1 atom stereocenters. The van der Waals surface area contributed by atoms with E-state index in [4.69, 9.17) is 0 Å². The minimum absolute atomic E-state index is 0.122. The molecule has 0 saturated heterocycles. The fourth-order valence-corrected chi connectivity index (χ4v) is 2.18. The summed E-state index contributed by atoms with van der Waals surface area (Å²) in [6.45, 7) is 10.3. The molecule has 16 heavy (non-hydrogen) atoms. The predicted octanol–water partition coefficient (Wildman–Crippen LogP) is 3.79. The summed E-state index contributed by atoms with van der Waals surface area (Å²) in [6, 6.07) is 8.47. The topological polar surface area (TPSA) is 12.0 Å². The minimum Gasteiger partial charge on any atom is -0.316 e. The first kappa shape index (κ1) is 13.5. The van der Waals surface area contributed by atoms with Crippen molar-refractivity contribution in [2.24, 2.45) is 5.41 Å². The summed E-state index contributed by atoms with van der Waals surface area (Å²) in [5, 5.41) is 3.39. The lowest BCUT2D eigenvalue weighted by Crippen LogP contribution is -2.31. The second-order valence-electron chi connectivity index (χ2n) is 4.45. The van der Waals surface area contributed by atoms with Gasteiger partial charge in [0.1, 0.15) is 0 Å². The molecule has 1 unspecified atom stereocenters. The molecule has 0 aliphatic carbocycles. The molecule has 0 aromatic heterocycles. The summed E-state index contributed by atoms with van der Waals surface area (Å²) >= 11 is 3.50. The largest absolute Gasteiger partial charge is 0.316 e. The van der Waals surface area contributed by atoms with E-state index in [2.05, 4.69) is 72.0 Å². The van der Waals surface area contributed by atoms with Crippen molar-refractivity contribution in [1.29, 1.82) is 0 Å². The SMILES string of the molecule is C=CC(C)(CNCC)Cc1cccc(Br)c1. The molecule has 0 aliphatic rings. The molecule has 0 saturated carbocycles. The van der Waals surface area contributed by atoms with Gasteiger partial charge in [0.2, 0.25) is 0 Å². The molecule has 1 nitrogen and oxygen atoms in total. The quantitative estimate of drug-likeness (QED) is 0.783. The number of hydrogen-bond donors (Lipinski definition) is 1. The van der Waals surface area contributed by atoms with Gasteiger partial charge in [-0.3, -0.25) is 0 Å². The Morgan fingerprint density at radius 3 is 2.81 bits per heavy atom. The lowest BCUT2D eigenvalue weighted by atomic mass is 9.83. The Labute approximate surface area is 107 Å². The first-order chi connectivity index (χ1) is 7.59. The Bertz CT molecular complexity index is 348. The van der Waals surface area contributed by atoms with Crippen molar-refractivity contribution in [2.45, 2.75) is 20.3 Å². The molecular weight excluding hydrogens is 262 g/mol. The van der Waals surface area contributed by atoms with Gasteiger partial charge in [-0.25, -0.2) is 0 Å². The molecule has 0 bridgehead atoms. The molecule has 0 aliphatic heterocycles. The van der Waals surface area contributed by atoms with Gasteiger partial charge in [-0.15, -0.1) is 6.58 Å². The number of rotatable bonds is 6. The van der Waals surface area contributed by atoms with E-state index >= 15 is 0 Å². The molecule has 0 spiro atoms. The normalized spacial score (nSPS) is 14.4. The van der Waals surface area contributed by atoms with Crippen LogP contribution in [0.2, 0.25) is 0 Å². The summed E-state index contributed by atoms with van der Waals surface area (Å²) < 4.78 is 1.14. The number of halogens is 1. The zero-order chi connectivity index (χ0) is 12.0. The second-order valence-corrected chi connectivity index (χ2v) is 5.36. The molecule has 1 aromatic rings. The van der Waals surface area contributed by atoms with E-state index in [1.165, 1.54) is 5.56 Å². The van der Waals surface area contributed by atoms with Gasteiger partial charge in [0.15, 0.2) is 0 Å². The summed E-state index contributed by atoms with van der Waals surface area (Å²) in [5.74, 6) is 0. The van der Waals surface area contributed by atoms with E-state index < -0.39 is 0 Å². The average molecular weight is 282 g/mol. The van der Waals surface area contributed by atoms with E-state index in [1.54, 1.807) is 0 Å². The molecule has 0 heterocycles. The Morgan fingerprint density at radius 1 is 1.50 bits per heavy atom. The van der Waals surface area contributed by atoms with Gasteiger partial charge >= 0.3 is 0 Å². The predicted molar refractivity (Wildman–Crippen MR) is 74.7 cm³/mol. The summed E-state index contributed by atoms with van der Waals surface area (Å²) in [6.07, 6.45) is 3.07. The maximum Gasteiger partial charge on any atom is 0.0178 e. The molecule has 88 valence electrons. The lowest BCUT2D eigenvalue weighted by molar-refractivity contribution is 0.396. The molecule has 1 N–H and O–H groups in total. The molecule has 0 amide bonds. The van der Waals surface area contributed by atoms with Crippen molar-refractivity contribution in [2.75, 3.05) is 13.1 Å². The highest BCUT2D eigenvalue weighted by atomic mass is 79.9. The van der Waals surface area contributed by atoms with Crippen molar-refractivity contribution in [3.8, 4) is 0 Å². The smallest absolute Gasteiger partial charge is 0.0178 e. The maximum atomic E-state index is 3.95. The van der Waals surface area contributed by atoms with E-state index in [9.17, 15) is 0 Å². The molecule has 1 aromatic carbocycles. The van der Waals surface area contributed by atoms with Crippen LogP contribution in [-0.4, -0.2) is 13.1 Å². The molecule has 0 radical (unpaired) electrons. The van der Waals surface area contributed by atoms with Gasteiger partial charge in [0.05, 0.1) is 0 Å². The third-order valence-corrected chi connectivity index (χ3v) is 3.26. The number of hydrogen-bond acceptors (Lipinski definition) is 1. The van der Waals surface area contributed by atoms with Gasteiger partial charge in [0, 0.05) is 16.4 Å². The summed E-state index contributed by atoms with van der Waals surface area (Å²) in [7, 11) is 0. The fraction of sp³-hybridized carbons (Fsp3) is 0.429. The first-order valence-electron chi connectivity index (χ1n) is 5.68. The van der Waals surface area contributed by atoms with Crippen molar-refractivity contribution in [1.82, 2.24) is 5.32 Å². The van der Waals surface area contributed by atoms with Crippen LogP contribution in [0.15, 0.2) is 41.4 Å². The summed E-state index contributed by atoms with van der Waals surface area (Å²) in [5.41, 5.74) is 1.46. The van der Waals surface area contributed by atoms with Gasteiger partial charge in [-0.2, -0.15) is 0 Å². The number of benzene rings is 1. The van der Waals surface area contributed by atoms with Gasteiger partial charge < -0.3 is 5.32 Å². The molecule has 1 rings (SSSR count). The fourth-order valence-electron chi connectivity index (χ4n) is 1.73. The Balaban J connectivity index is 2.72. The average Bonchev–Trinajstić information content (AvgIpc) is 2.26. The molecular formula is C14H20BrN. The summed E-state index contributed by atoms with van der Waals surface area (Å²) in [4.78, 5) is 0. The van der Waals surface area contributed by atoms with Gasteiger partial charge in [-0.05, 0) is 30.7 Å². The van der Waals surface area contributed by atoms with Crippen LogP contribution in [0.5, 0.6) is 0 Å². The van der Waals surface area contributed by atoms with E-state index in [1.807, 2.05) is 0 Å². The van der Waals surface area contributed by atoms with Crippen LogP contribution < -0.4 is 5.32 Å². The van der Waals surface area contributed by atoms with Crippen LogP contribution in [0.25, 0.3) is 0 Å². The standard InChI is InChI=1S/C14H20BrN/c1-4-14(3,11-16-5-2)10-12-7-6-8-13(15)9-12/h4,6-9,16H,1,5,10-11H2,2-3H3. The highest BCUT2D eigenvalue weighted by molar-refractivity contribution is 9.10. The Kier molecular flexibility index (Phi) is 5.23.